The lowest BCUT2D eigenvalue weighted by Gasteiger charge is -1.97. The predicted octanol–water partition coefficient (Wildman–Crippen LogP) is 2.96. The molecular formula is C10H8ClFN4S. The number of nitrogens with zero attached hydrogens (tertiary/aromatic N) is 2. The first-order valence-corrected chi connectivity index (χ1v) is 5.86. The van der Waals surface area contributed by atoms with Crippen molar-refractivity contribution in [2.45, 2.75) is 0 Å². The molecule has 0 aliphatic heterocycles. The van der Waals surface area contributed by atoms with E-state index < -0.39 is 0 Å². The summed E-state index contributed by atoms with van der Waals surface area (Å²) in [7, 11) is 0. The van der Waals surface area contributed by atoms with Crippen LogP contribution in [0.4, 0.5) is 15.3 Å². The number of nitrogens with two attached hydrogens (primary N) is 1. The first kappa shape index (κ1) is 11.8. The molecule has 4 nitrogen and oxygen atoms in total. The third-order valence-corrected chi connectivity index (χ3v) is 2.95. The van der Waals surface area contributed by atoms with E-state index in [1.807, 2.05) is 0 Å². The largest absolute Gasteiger partial charge is 0.383 e. The second-order valence-electron chi connectivity index (χ2n) is 3.11. The van der Waals surface area contributed by atoms with Gasteiger partial charge in [-0.05, 0) is 18.2 Å². The summed E-state index contributed by atoms with van der Waals surface area (Å²) in [6.45, 7) is 0. The number of rotatable bonds is 3. The zero-order valence-electron chi connectivity index (χ0n) is 8.52. The van der Waals surface area contributed by atoms with Gasteiger partial charge in [-0.15, -0.1) is 11.3 Å². The van der Waals surface area contributed by atoms with E-state index in [2.05, 4.69) is 15.5 Å². The lowest BCUT2D eigenvalue weighted by molar-refractivity contribution is 0.627. The highest BCUT2D eigenvalue weighted by Crippen LogP contribution is 2.17. The maximum atomic E-state index is 12.9. The highest BCUT2D eigenvalue weighted by Gasteiger charge is 1.99. The molecule has 0 aliphatic rings. The molecule has 3 N–H and O–H groups in total. The Morgan fingerprint density at radius 1 is 1.53 bits per heavy atom. The Morgan fingerprint density at radius 2 is 2.35 bits per heavy atom. The molecule has 0 saturated carbocycles. The summed E-state index contributed by atoms with van der Waals surface area (Å²) < 4.78 is 12.9. The fourth-order valence-electron chi connectivity index (χ4n) is 1.11. The van der Waals surface area contributed by atoms with Crippen LogP contribution in [0.25, 0.3) is 0 Å². The second kappa shape index (κ2) is 5.11. The standard InChI is InChI=1S/C10H8ClFN4S/c11-8-2-1-7(12)3-6(8)4-14-16-10-15-9(13)5-17-10/h1-5H,13H2,(H,15,16). The third-order valence-electron chi connectivity index (χ3n) is 1.84. The number of nitrogens with one attached hydrogen (secondary N) is 1. The number of aromatic nitrogens is 1. The van der Waals surface area contributed by atoms with Crippen LogP contribution in [0.5, 0.6) is 0 Å². The molecule has 0 spiro atoms. The first-order valence-electron chi connectivity index (χ1n) is 4.60. The summed E-state index contributed by atoms with van der Waals surface area (Å²) >= 11 is 7.19. The molecule has 0 saturated heterocycles. The van der Waals surface area contributed by atoms with Gasteiger partial charge in [-0.25, -0.2) is 9.37 Å². The van der Waals surface area contributed by atoms with Crippen LogP contribution in [0.3, 0.4) is 0 Å². The number of hydrogen-bond acceptors (Lipinski definition) is 5. The summed E-state index contributed by atoms with van der Waals surface area (Å²) in [6, 6.07) is 4.05. The molecule has 0 fully saturated rings. The fourth-order valence-corrected chi connectivity index (χ4v) is 1.82. The lowest BCUT2D eigenvalue weighted by atomic mass is 10.2. The second-order valence-corrected chi connectivity index (χ2v) is 4.38. The van der Waals surface area contributed by atoms with Crippen molar-refractivity contribution >= 4 is 40.1 Å². The van der Waals surface area contributed by atoms with Crippen molar-refractivity contribution in [1.29, 1.82) is 0 Å². The monoisotopic (exact) mass is 270 g/mol. The Labute approximate surface area is 106 Å². The van der Waals surface area contributed by atoms with Gasteiger partial charge < -0.3 is 5.73 Å². The van der Waals surface area contributed by atoms with E-state index in [4.69, 9.17) is 17.3 Å². The minimum absolute atomic E-state index is 0.366. The zero-order valence-corrected chi connectivity index (χ0v) is 10.1. The number of anilines is 2. The van der Waals surface area contributed by atoms with E-state index in [1.165, 1.54) is 35.8 Å². The maximum absolute atomic E-state index is 12.9. The molecule has 0 atom stereocenters. The molecule has 0 radical (unpaired) electrons. The number of hydrazone groups is 1. The Balaban J connectivity index is 2.07. The van der Waals surface area contributed by atoms with Crippen LogP contribution in [-0.4, -0.2) is 11.2 Å². The molecule has 0 unspecified atom stereocenters. The topological polar surface area (TPSA) is 63.3 Å². The number of hydrogen-bond donors (Lipinski definition) is 2. The Morgan fingerprint density at radius 3 is 3.06 bits per heavy atom. The van der Waals surface area contributed by atoms with Crippen LogP contribution in [0, 0.1) is 5.82 Å². The molecule has 0 amide bonds. The third kappa shape index (κ3) is 3.15. The quantitative estimate of drug-likeness (QED) is 0.666. The Bertz CT molecular complexity index is 555. The van der Waals surface area contributed by atoms with Gasteiger partial charge in [0.15, 0.2) is 0 Å². The van der Waals surface area contributed by atoms with E-state index >= 15 is 0 Å². The average molecular weight is 271 g/mol. The molecule has 1 aromatic carbocycles. The molecule has 0 aliphatic carbocycles. The maximum Gasteiger partial charge on any atom is 0.205 e. The van der Waals surface area contributed by atoms with E-state index in [-0.39, 0.29) is 5.82 Å². The van der Waals surface area contributed by atoms with Crippen molar-refractivity contribution in [2.75, 3.05) is 11.2 Å². The van der Waals surface area contributed by atoms with Crippen molar-refractivity contribution in [1.82, 2.24) is 4.98 Å². The van der Waals surface area contributed by atoms with Crippen LogP contribution in [0.1, 0.15) is 5.56 Å². The van der Waals surface area contributed by atoms with Gasteiger partial charge in [0.25, 0.3) is 0 Å². The fraction of sp³-hybridized carbons (Fsp3) is 0. The van der Waals surface area contributed by atoms with Gasteiger partial charge in [-0.2, -0.15) is 5.10 Å². The van der Waals surface area contributed by atoms with Crippen LogP contribution in [0.15, 0.2) is 28.7 Å². The zero-order chi connectivity index (χ0) is 12.3. The van der Waals surface area contributed by atoms with Crippen LogP contribution >= 0.6 is 22.9 Å². The lowest BCUT2D eigenvalue weighted by Crippen LogP contribution is -1.92. The number of benzene rings is 1. The van der Waals surface area contributed by atoms with Gasteiger partial charge in [-0.3, -0.25) is 5.43 Å². The molecule has 1 aromatic heterocycles. The van der Waals surface area contributed by atoms with Crippen molar-refractivity contribution in [3.05, 3.63) is 40.0 Å². The van der Waals surface area contributed by atoms with Gasteiger partial charge in [0.2, 0.25) is 5.13 Å². The van der Waals surface area contributed by atoms with Crippen molar-refractivity contribution in [3.8, 4) is 0 Å². The summed E-state index contributed by atoms with van der Waals surface area (Å²) in [5.74, 6) is 0.0610. The summed E-state index contributed by atoms with van der Waals surface area (Å²) in [5, 5.41) is 6.57. The molecule has 0 bridgehead atoms. The number of thiazole rings is 1. The molecule has 17 heavy (non-hydrogen) atoms. The van der Waals surface area contributed by atoms with Crippen LogP contribution < -0.4 is 11.2 Å². The van der Waals surface area contributed by atoms with Gasteiger partial charge in [0, 0.05) is 16.0 Å². The van der Waals surface area contributed by atoms with Crippen LogP contribution in [0.2, 0.25) is 5.02 Å². The Hall–Kier alpha value is -1.66. The van der Waals surface area contributed by atoms with E-state index in [9.17, 15) is 4.39 Å². The van der Waals surface area contributed by atoms with E-state index in [1.54, 1.807) is 5.38 Å². The SMILES string of the molecule is Nc1csc(NN=Cc2cc(F)ccc2Cl)n1. The van der Waals surface area contributed by atoms with Gasteiger partial charge in [0.1, 0.15) is 11.6 Å². The minimum atomic E-state index is -0.366. The Kier molecular flexibility index (Phi) is 3.55. The highest BCUT2D eigenvalue weighted by molar-refractivity contribution is 7.14. The summed E-state index contributed by atoms with van der Waals surface area (Å²) in [4.78, 5) is 3.95. The molecule has 2 rings (SSSR count). The highest BCUT2D eigenvalue weighted by atomic mass is 35.5. The van der Waals surface area contributed by atoms with Gasteiger partial charge in [-0.1, -0.05) is 11.6 Å². The van der Waals surface area contributed by atoms with Crippen molar-refractivity contribution < 1.29 is 4.39 Å². The van der Waals surface area contributed by atoms with Gasteiger partial charge >= 0.3 is 0 Å². The molecule has 7 heteroatoms. The van der Waals surface area contributed by atoms with Crippen molar-refractivity contribution in [2.24, 2.45) is 5.10 Å². The summed E-state index contributed by atoms with van der Waals surface area (Å²) in [6.07, 6.45) is 1.42. The summed E-state index contributed by atoms with van der Waals surface area (Å²) in [5.41, 5.74) is 8.61. The molecule has 1 heterocycles. The molecule has 2 aromatic rings. The minimum Gasteiger partial charge on any atom is -0.383 e. The normalized spacial score (nSPS) is 10.9. The molecule has 88 valence electrons. The number of halogens is 2. The van der Waals surface area contributed by atoms with E-state index in [0.717, 1.165) is 0 Å². The van der Waals surface area contributed by atoms with E-state index in [0.29, 0.717) is 21.5 Å². The predicted molar refractivity (Wildman–Crippen MR) is 69.2 cm³/mol. The number of nitrogen functional groups attached to an aromatic ring is 1. The van der Waals surface area contributed by atoms with Crippen molar-refractivity contribution in [3.63, 3.8) is 0 Å². The average Bonchev–Trinajstić information content (AvgIpc) is 2.69. The van der Waals surface area contributed by atoms with Gasteiger partial charge in [0.05, 0.1) is 6.21 Å². The van der Waals surface area contributed by atoms with Crippen LogP contribution in [-0.2, 0) is 0 Å². The smallest absolute Gasteiger partial charge is 0.205 e. The first-order chi connectivity index (χ1) is 8.15. The molecular weight excluding hydrogens is 263 g/mol.